The van der Waals surface area contributed by atoms with Crippen LogP contribution in [0.2, 0.25) is 0 Å². The number of carbonyl (C=O) groups is 1. The maximum atomic E-state index is 14.3. The molecule has 1 N–H and O–H groups in total. The molecule has 0 aliphatic carbocycles. The summed E-state index contributed by atoms with van der Waals surface area (Å²) in [7, 11) is 0. The van der Waals surface area contributed by atoms with E-state index in [2.05, 4.69) is 0 Å². The summed E-state index contributed by atoms with van der Waals surface area (Å²) in [5, 5.41) is 20.6. The van der Waals surface area contributed by atoms with Crippen LogP contribution in [0.1, 0.15) is 30.6 Å². The highest BCUT2D eigenvalue weighted by atomic mass is 19.2. The van der Waals surface area contributed by atoms with Gasteiger partial charge in [-0.2, -0.15) is 0 Å². The number of aromatic hydroxyl groups is 1. The lowest BCUT2D eigenvalue weighted by molar-refractivity contribution is -0.386. The molecule has 2 rings (SSSR count). The van der Waals surface area contributed by atoms with Crippen molar-refractivity contribution in [1.29, 1.82) is 0 Å². The van der Waals surface area contributed by atoms with E-state index >= 15 is 0 Å². The fraction of sp³-hybridized carbons (Fsp3) is 0.235. The molecule has 0 spiro atoms. The van der Waals surface area contributed by atoms with E-state index in [1.54, 1.807) is 0 Å². The summed E-state index contributed by atoms with van der Waals surface area (Å²) in [5.74, 6) is -5.47. The minimum atomic E-state index is -1.66. The smallest absolute Gasteiger partial charge is 0.311 e. The highest BCUT2D eigenvalue weighted by Gasteiger charge is 2.29. The lowest BCUT2D eigenvalue weighted by Crippen LogP contribution is -2.17. The summed E-state index contributed by atoms with van der Waals surface area (Å²) in [6, 6.07) is 3.56. The summed E-state index contributed by atoms with van der Waals surface area (Å²) < 4.78 is 47.6. The number of carbonyl (C=O) groups excluding carboxylic acids is 1. The predicted molar refractivity (Wildman–Crippen MR) is 84.5 cm³/mol. The molecule has 0 heterocycles. The third-order valence-electron chi connectivity index (χ3n) is 3.58. The van der Waals surface area contributed by atoms with E-state index in [4.69, 9.17) is 4.74 Å². The molecule has 0 saturated heterocycles. The van der Waals surface area contributed by atoms with Crippen LogP contribution in [0.15, 0.2) is 24.3 Å². The molecule has 0 saturated carbocycles. The van der Waals surface area contributed by atoms with Gasteiger partial charge in [-0.3, -0.25) is 14.9 Å². The molecule has 138 valence electrons. The monoisotopic (exact) mass is 369 g/mol. The van der Waals surface area contributed by atoms with Crippen molar-refractivity contribution in [3.05, 3.63) is 63.0 Å². The first kappa shape index (κ1) is 19.2. The lowest BCUT2D eigenvalue weighted by Gasteiger charge is -2.20. The minimum absolute atomic E-state index is 0.284. The van der Waals surface area contributed by atoms with Gasteiger partial charge in [0.1, 0.15) is 23.5 Å². The van der Waals surface area contributed by atoms with Crippen LogP contribution in [0.25, 0.3) is 0 Å². The van der Waals surface area contributed by atoms with Crippen molar-refractivity contribution in [3.8, 4) is 11.5 Å². The number of nitrogens with zero attached hydrogens (tertiary/aromatic N) is 1. The molecule has 2 aromatic rings. The number of hydrogen-bond donors (Lipinski definition) is 1. The number of rotatable bonds is 6. The standard InChI is InChI=1S/C17H14F3NO5/c1-8-5-11(18)15(17(20)16(8)19)14(6-9(2)22)26-13-7-10(23)3-4-12(13)21(24)25/h3-5,7,14,23H,6H2,1-2H3. The Kier molecular flexibility index (Phi) is 5.49. The summed E-state index contributed by atoms with van der Waals surface area (Å²) in [4.78, 5) is 21.7. The molecule has 0 aliphatic heterocycles. The van der Waals surface area contributed by atoms with Gasteiger partial charge in [0.2, 0.25) is 5.75 Å². The Labute approximate surface area is 146 Å². The van der Waals surface area contributed by atoms with Crippen LogP contribution < -0.4 is 4.74 Å². The second-order valence-corrected chi connectivity index (χ2v) is 5.64. The summed E-state index contributed by atoms with van der Waals surface area (Å²) in [5.41, 5.74) is -1.74. The Balaban J connectivity index is 2.58. The molecule has 0 fully saturated rings. The molecule has 1 unspecified atom stereocenters. The number of ketones is 1. The largest absolute Gasteiger partial charge is 0.508 e. The molecule has 26 heavy (non-hydrogen) atoms. The molecule has 9 heteroatoms. The molecular formula is C17H14F3NO5. The van der Waals surface area contributed by atoms with Crippen molar-refractivity contribution in [1.82, 2.24) is 0 Å². The maximum Gasteiger partial charge on any atom is 0.311 e. The van der Waals surface area contributed by atoms with Crippen molar-refractivity contribution in [3.63, 3.8) is 0 Å². The zero-order valence-corrected chi connectivity index (χ0v) is 13.8. The average molecular weight is 369 g/mol. The molecule has 0 bridgehead atoms. The highest BCUT2D eigenvalue weighted by Crippen LogP contribution is 2.37. The van der Waals surface area contributed by atoms with E-state index in [0.29, 0.717) is 0 Å². The second-order valence-electron chi connectivity index (χ2n) is 5.64. The van der Waals surface area contributed by atoms with Gasteiger partial charge in [-0.25, -0.2) is 13.2 Å². The van der Waals surface area contributed by atoms with Crippen molar-refractivity contribution in [2.45, 2.75) is 26.4 Å². The number of hydrogen-bond acceptors (Lipinski definition) is 5. The van der Waals surface area contributed by atoms with Crippen LogP contribution in [-0.4, -0.2) is 15.8 Å². The first-order valence-corrected chi connectivity index (χ1v) is 7.39. The number of halogens is 3. The summed E-state index contributed by atoms with van der Waals surface area (Å²) in [6.45, 7) is 2.28. The first-order chi connectivity index (χ1) is 12.1. The number of nitro benzene ring substituents is 1. The minimum Gasteiger partial charge on any atom is -0.508 e. The van der Waals surface area contributed by atoms with E-state index in [1.807, 2.05) is 0 Å². The van der Waals surface area contributed by atoms with Crippen LogP contribution in [0.5, 0.6) is 11.5 Å². The Hall–Kier alpha value is -3.10. The van der Waals surface area contributed by atoms with Gasteiger partial charge < -0.3 is 9.84 Å². The SMILES string of the molecule is CC(=O)CC(Oc1cc(O)ccc1[N+](=O)[O-])c1c(F)cc(C)c(F)c1F. The van der Waals surface area contributed by atoms with Crippen LogP contribution in [0.4, 0.5) is 18.9 Å². The number of nitro groups is 1. The Morgan fingerprint density at radius 3 is 2.50 bits per heavy atom. The number of aryl methyl sites for hydroxylation is 1. The Morgan fingerprint density at radius 1 is 1.27 bits per heavy atom. The first-order valence-electron chi connectivity index (χ1n) is 7.39. The van der Waals surface area contributed by atoms with Gasteiger partial charge in [0.25, 0.3) is 0 Å². The molecule has 2 aromatic carbocycles. The van der Waals surface area contributed by atoms with E-state index in [-0.39, 0.29) is 5.56 Å². The molecule has 6 nitrogen and oxygen atoms in total. The highest BCUT2D eigenvalue weighted by molar-refractivity contribution is 5.76. The van der Waals surface area contributed by atoms with Gasteiger partial charge in [-0.1, -0.05) is 0 Å². The van der Waals surface area contributed by atoms with Crippen molar-refractivity contribution >= 4 is 11.5 Å². The number of Topliss-reactive ketones (excluding diaryl/α,β-unsaturated/α-hetero) is 1. The van der Waals surface area contributed by atoms with Gasteiger partial charge in [0, 0.05) is 18.6 Å². The second kappa shape index (κ2) is 7.42. The van der Waals surface area contributed by atoms with Crippen molar-refractivity contribution < 1.29 is 32.7 Å². The fourth-order valence-corrected chi connectivity index (χ4v) is 2.39. The summed E-state index contributed by atoms with van der Waals surface area (Å²) >= 11 is 0. The number of phenols is 1. The van der Waals surface area contributed by atoms with Gasteiger partial charge in [-0.15, -0.1) is 0 Å². The lowest BCUT2D eigenvalue weighted by atomic mass is 10.0. The molecular weight excluding hydrogens is 355 g/mol. The maximum absolute atomic E-state index is 14.3. The molecule has 0 aromatic heterocycles. The van der Waals surface area contributed by atoms with Crippen LogP contribution in [-0.2, 0) is 4.79 Å². The topological polar surface area (TPSA) is 89.7 Å². The van der Waals surface area contributed by atoms with Gasteiger partial charge in [0.15, 0.2) is 11.6 Å². The summed E-state index contributed by atoms with van der Waals surface area (Å²) in [6.07, 6.45) is -2.23. The zero-order valence-electron chi connectivity index (χ0n) is 13.8. The molecule has 0 amide bonds. The number of ether oxygens (including phenoxy) is 1. The normalized spacial score (nSPS) is 11.9. The van der Waals surface area contributed by atoms with E-state index in [0.717, 1.165) is 38.1 Å². The van der Waals surface area contributed by atoms with Crippen LogP contribution in [0, 0.1) is 34.5 Å². The molecule has 0 aliphatic rings. The fourth-order valence-electron chi connectivity index (χ4n) is 2.39. The number of benzene rings is 2. The number of phenolic OH excluding ortho intramolecular Hbond substituents is 1. The predicted octanol–water partition coefficient (Wildman–Crippen LogP) is 4.13. The van der Waals surface area contributed by atoms with Gasteiger partial charge >= 0.3 is 5.69 Å². The molecule has 0 radical (unpaired) electrons. The third-order valence-corrected chi connectivity index (χ3v) is 3.58. The van der Waals surface area contributed by atoms with Crippen LogP contribution >= 0.6 is 0 Å². The van der Waals surface area contributed by atoms with E-state index in [9.17, 15) is 33.2 Å². The molecule has 1 atom stereocenters. The zero-order chi connectivity index (χ0) is 19.6. The Bertz CT molecular complexity index is 885. The third kappa shape index (κ3) is 3.93. The van der Waals surface area contributed by atoms with Gasteiger partial charge in [0.05, 0.1) is 10.5 Å². The van der Waals surface area contributed by atoms with E-state index < -0.39 is 63.4 Å². The average Bonchev–Trinajstić information content (AvgIpc) is 2.51. The van der Waals surface area contributed by atoms with Crippen LogP contribution in [0.3, 0.4) is 0 Å². The van der Waals surface area contributed by atoms with E-state index in [1.165, 1.54) is 0 Å². The van der Waals surface area contributed by atoms with Gasteiger partial charge in [-0.05, 0) is 31.5 Å². The Morgan fingerprint density at radius 2 is 1.92 bits per heavy atom. The van der Waals surface area contributed by atoms with Crippen molar-refractivity contribution in [2.24, 2.45) is 0 Å². The quantitative estimate of drug-likeness (QED) is 0.470. The van der Waals surface area contributed by atoms with Crippen molar-refractivity contribution in [2.75, 3.05) is 0 Å².